The molecule has 0 rings (SSSR count). The molecule has 0 aliphatic heterocycles. The first-order valence-electron chi connectivity index (χ1n) is 27.4. The van der Waals surface area contributed by atoms with E-state index in [1.807, 2.05) is 27.2 Å². The summed E-state index contributed by atoms with van der Waals surface area (Å²) >= 11 is 0. The minimum absolute atomic E-state index is 0.00314. The summed E-state index contributed by atoms with van der Waals surface area (Å²) < 4.78 is 23.2. The predicted octanol–water partition coefficient (Wildman–Crippen LogP) is 15.8. The van der Waals surface area contributed by atoms with Crippen LogP contribution in [0.5, 0.6) is 0 Å². The van der Waals surface area contributed by atoms with E-state index in [9.17, 15) is 19.4 Å². The molecule has 0 aromatic carbocycles. The number of quaternary nitrogens is 1. The lowest BCUT2D eigenvalue weighted by Crippen LogP contribution is -2.45. The molecule has 9 heteroatoms. The van der Waals surface area contributed by atoms with Crippen LogP contribution in [-0.2, 0) is 18.4 Å². The zero-order valence-electron chi connectivity index (χ0n) is 44.1. The molecule has 0 aromatic heterocycles. The minimum atomic E-state index is -4.59. The molecule has 3 atom stereocenters. The molecule has 2 N–H and O–H groups in total. The highest BCUT2D eigenvalue weighted by atomic mass is 31.2. The van der Waals surface area contributed by atoms with Crippen LogP contribution in [0.4, 0.5) is 0 Å². The van der Waals surface area contributed by atoms with E-state index in [4.69, 9.17) is 9.05 Å². The first kappa shape index (κ1) is 64.7. The van der Waals surface area contributed by atoms with Gasteiger partial charge in [-0.05, 0) is 70.6 Å². The largest absolute Gasteiger partial charge is 0.756 e. The Bertz CT molecular complexity index is 1360. The highest BCUT2D eigenvalue weighted by molar-refractivity contribution is 7.45. The Balaban J connectivity index is 3.99. The van der Waals surface area contributed by atoms with Crippen molar-refractivity contribution in [3.63, 3.8) is 0 Å². The van der Waals surface area contributed by atoms with Crippen molar-refractivity contribution < 1.29 is 32.9 Å². The number of likely N-dealkylation sites (N-methyl/N-ethyl adjacent to an activating group) is 1. The van der Waals surface area contributed by atoms with Crippen molar-refractivity contribution in [3.05, 3.63) is 85.1 Å². The first-order chi connectivity index (χ1) is 32.5. The van der Waals surface area contributed by atoms with Crippen LogP contribution in [0.2, 0.25) is 0 Å². The third-order valence-corrected chi connectivity index (χ3v) is 12.8. The van der Waals surface area contributed by atoms with Crippen molar-refractivity contribution in [2.24, 2.45) is 0 Å². The number of nitrogens with zero attached hydrogens (tertiary/aromatic N) is 1. The van der Waals surface area contributed by atoms with Crippen LogP contribution in [-0.4, -0.2) is 68.5 Å². The molecule has 0 heterocycles. The van der Waals surface area contributed by atoms with Crippen molar-refractivity contribution >= 4 is 13.7 Å². The second-order valence-corrected chi connectivity index (χ2v) is 21.0. The summed E-state index contributed by atoms with van der Waals surface area (Å²) in [5.41, 5.74) is 0. The monoisotopic (exact) mass is 957 g/mol. The lowest BCUT2D eigenvalue weighted by molar-refractivity contribution is -0.870. The van der Waals surface area contributed by atoms with Crippen LogP contribution < -0.4 is 10.2 Å². The van der Waals surface area contributed by atoms with Gasteiger partial charge in [-0.25, -0.2) is 0 Å². The number of phosphoric acid groups is 1. The van der Waals surface area contributed by atoms with Crippen molar-refractivity contribution in [2.45, 2.75) is 238 Å². The average Bonchev–Trinajstić information content (AvgIpc) is 3.29. The van der Waals surface area contributed by atoms with E-state index in [1.54, 1.807) is 6.08 Å². The number of rotatable bonds is 49. The Morgan fingerprint density at radius 2 is 0.910 bits per heavy atom. The molecule has 0 spiro atoms. The predicted molar refractivity (Wildman–Crippen MR) is 288 cm³/mol. The molecule has 0 radical (unpaired) electrons. The minimum Gasteiger partial charge on any atom is -0.756 e. The maximum Gasteiger partial charge on any atom is 0.268 e. The number of aliphatic hydroxyl groups is 1. The zero-order chi connectivity index (χ0) is 49.2. The maximum atomic E-state index is 12.9. The summed E-state index contributed by atoms with van der Waals surface area (Å²) in [6.07, 6.45) is 68.1. The number of amides is 1. The topological polar surface area (TPSA) is 108 Å². The first-order valence-corrected chi connectivity index (χ1v) is 28.9. The van der Waals surface area contributed by atoms with E-state index in [1.165, 1.54) is 128 Å². The van der Waals surface area contributed by atoms with Gasteiger partial charge < -0.3 is 28.8 Å². The molecule has 0 bridgehead atoms. The van der Waals surface area contributed by atoms with Gasteiger partial charge in [0.1, 0.15) is 13.2 Å². The van der Waals surface area contributed by atoms with Gasteiger partial charge in [-0.3, -0.25) is 9.36 Å². The van der Waals surface area contributed by atoms with Gasteiger partial charge in [0.15, 0.2) is 0 Å². The maximum absolute atomic E-state index is 12.9. The van der Waals surface area contributed by atoms with Gasteiger partial charge in [-0.2, -0.15) is 0 Å². The lowest BCUT2D eigenvalue weighted by Gasteiger charge is -2.29. The highest BCUT2D eigenvalue weighted by Crippen LogP contribution is 2.38. The molecule has 388 valence electrons. The second-order valence-electron chi connectivity index (χ2n) is 19.6. The summed E-state index contributed by atoms with van der Waals surface area (Å²) in [6, 6.07) is -0.887. The standard InChI is InChI=1S/C58H105N2O6P/c1-6-8-10-12-14-16-18-19-20-21-22-23-24-25-26-27-28-29-30-31-32-33-34-35-36-37-38-39-40-41-42-44-46-48-50-52-58(62)59-56(55-66-67(63,64)65-54-53-60(3,4)5)57(61)51-49-47-45-43-17-15-13-11-9-7-2/h8,10,14,16,19-20,22-23,25-26,28-29,49,51,56-57,61H,6-7,9,11-13,15,17-18,21,24,27,30-48,50,52-55H2,1-5H3,(H-,59,62,63,64)/b10-8-,16-14-,20-19-,23-22-,26-25-,29-28-,51-49+. The molecule has 0 fully saturated rings. The number of unbranched alkanes of at least 4 members (excludes halogenated alkanes) is 24. The number of carbonyl (C=O) groups excluding carboxylic acids is 1. The van der Waals surface area contributed by atoms with Gasteiger partial charge >= 0.3 is 0 Å². The fraction of sp³-hybridized carbons (Fsp3) is 0.741. The van der Waals surface area contributed by atoms with E-state index in [-0.39, 0.29) is 19.1 Å². The number of allylic oxidation sites excluding steroid dienone is 13. The quantitative estimate of drug-likeness (QED) is 0.0272. The summed E-state index contributed by atoms with van der Waals surface area (Å²) in [5, 5.41) is 13.8. The van der Waals surface area contributed by atoms with E-state index in [0.29, 0.717) is 17.4 Å². The molecule has 0 saturated heterocycles. The third kappa shape index (κ3) is 51.4. The number of hydrogen-bond donors (Lipinski definition) is 2. The molecular formula is C58H105N2O6P. The Labute approximate surface area is 414 Å². The average molecular weight is 957 g/mol. The Morgan fingerprint density at radius 3 is 1.33 bits per heavy atom. The molecule has 0 aliphatic rings. The smallest absolute Gasteiger partial charge is 0.268 e. The molecular weight excluding hydrogens is 852 g/mol. The van der Waals surface area contributed by atoms with Crippen molar-refractivity contribution in [2.75, 3.05) is 40.9 Å². The Morgan fingerprint density at radius 1 is 0.537 bits per heavy atom. The van der Waals surface area contributed by atoms with E-state index < -0.39 is 20.0 Å². The Kier molecular flexibility index (Phi) is 47.0. The summed E-state index contributed by atoms with van der Waals surface area (Å²) in [5.74, 6) is -0.201. The summed E-state index contributed by atoms with van der Waals surface area (Å²) in [4.78, 5) is 25.4. The number of carbonyl (C=O) groups is 1. The van der Waals surface area contributed by atoms with Gasteiger partial charge in [0.05, 0.1) is 39.9 Å². The van der Waals surface area contributed by atoms with E-state index in [0.717, 1.165) is 77.0 Å². The van der Waals surface area contributed by atoms with E-state index >= 15 is 0 Å². The molecule has 3 unspecified atom stereocenters. The normalized spacial score (nSPS) is 14.7. The lowest BCUT2D eigenvalue weighted by atomic mass is 10.0. The van der Waals surface area contributed by atoms with Gasteiger partial charge in [-0.15, -0.1) is 0 Å². The highest BCUT2D eigenvalue weighted by Gasteiger charge is 2.23. The molecule has 0 aromatic rings. The molecule has 1 amide bonds. The van der Waals surface area contributed by atoms with Crippen LogP contribution in [0.15, 0.2) is 85.1 Å². The van der Waals surface area contributed by atoms with Gasteiger partial charge in [0, 0.05) is 6.42 Å². The van der Waals surface area contributed by atoms with Crippen LogP contribution in [0.1, 0.15) is 226 Å². The number of hydrogen-bond acceptors (Lipinski definition) is 6. The summed E-state index contributed by atoms with van der Waals surface area (Å²) in [7, 11) is 1.26. The molecule has 0 saturated carbocycles. The fourth-order valence-corrected chi connectivity index (χ4v) is 8.29. The van der Waals surface area contributed by atoms with Gasteiger partial charge in [-0.1, -0.05) is 234 Å². The summed E-state index contributed by atoms with van der Waals surface area (Å²) in [6.45, 7) is 4.50. The molecule has 67 heavy (non-hydrogen) atoms. The molecule has 0 aliphatic carbocycles. The SMILES string of the molecule is CC/C=C\C/C=C\C/C=C\C/C=C\C/C=C\C/C=C\CCCCCCCCCCCCCCCCCCC(=O)NC(COP(=O)([O-])OCC[N+](C)(C)C)C(O)/C=C/CCCCCCCCCC. The van der Waals surface area contributed by atoms with Crippen LogP contribution >= 0.6 is 7.82 Å². The van der Waals surface area contributed by atoms with Gasteiger partial charge in [0.25, 0.3) is 7.82 Å². The van der Waals surface area contributed by atoms with Crippen LogP contribution in [0.3, 0.4) is 0 Å². The number of phosphoric ester groups is 1. The Hall–Kier alpha value is -2.32. The van der Waals surface area contributed by atoms with Crippen LogP contribution in [0.25, 0.3) is 0 Å². The zero-order valence-corrected chi connectivity index (χ0v) is 45.0. The number of aliphatic hydroxyl groups excluding tert-OH is 1. The van der Waals surface area contributed by atoms with Gasteiger partial charge in [0.2, 0.25) is 5.91 Å². The van der Waals surface area contributed by atoms with E-state index in [2.05, 4.69) is 92.1 Å². The number of nitrogens with one attached hydrogen (secondary N) is 1. The van der Waals surface area contributed by atoms with Crippen molar-refractivity contribution in [1.82, 2.24) is 5.32 Å². The van der Waals surface area contributed by atoms with Crippen molar-refractivity contribution in [3.8, 4) is 0 Å². The van der Waals surface area contributed by atoms with Crippen LogP contribution in [0, 0.1) is 0 Å². The molecule has 8 nitrogen and oxygen atoms in total. The third-order valence-electron chi connectivity index (χ3n) is 11.9. The second kappa shape index (κ2) is 48.7. The fourth-order valence-electron chi connectivity index (χ4n) is 7.57. The van der Waals surface area contributed by atoms with Crippen molar-refractivity contribution in [1.29, 1.82) is 0 Å².